The highest BCUT2D eigenvalue weighted by atomic mass is 19.1. The van der Waals surface area contributed by atoms with Crippen molar-refractivity contribution < 1.29 is 18.7 Å². The Balaban J connectivity index is 1.17. The number of aromatic nitrogens is 3. The summed E-state index contributed by atoms with van der Waals surface area (Å²) in [6, 6.07) is 15.2. The standard InChI is InChI=1S/C30H30F2N6O2/c1-19-16-23(6-7-26(19)31)35-28-9-13-34-30(37-28)36-22-4-2-21(3-5-22)29(40)38-14-10-20(11-15-38)25(18-39)24-8-12-33-17-27(24)32/h2-9,12-13,16-17,20,25,39H,10-11,14-15,18H2,1H3,(H2,34,35,36,37). The summed E-state index contributed by atoms with van der Waals surface area (Å²) in [5.41, 5.74) is 3.00. The SMILES string of the molecule is Cc1cc(Nc2ccnc(Nc3ccc(C(=O)N4CCC(C(CO)c5ccncc5F)CC4)cc3)n2)ccc1F. The van der Waals surface area contributed by atoms with Crippen LogP contribution in [-0.4, -0.2) is 50.6 Å². The molecule has 0 saturated carbocycles. The lowest BCUT2D eigenvalue weighted by Gasteiger charge is -2.35. The van der Waals surface area contributed by atoms with Gasteiger partial charge in [-0.3, -0.25) is 9.78 Å². The Hall–Kier alpha value is -4.44. The third kappa shape index (κ3) is 6.23. The van der Waals surface area contributed by atoms with Crippen LogP contribution in [0.4, 0.5) is 31.9 Å². The number of nitrogens with zero attached hydrogens (tertiary/aromatic N) is 4. The second-order valence-corrected chi connectivity index (χ2v) is 9.87. The van der Waals surface area contributed by atoms with E-state index in [0.29, 0.717) is 60.1 Å². The number of nitrogens with one attached hydrogen (secondary N) is 2. The van der Waals surface area contributed by atoms with Gasteiger partial charge in [0.15, 0.2) is 0 Å². The number of aliphatic hydroxyl groups excluding tert-OH is 1. The number of carbonyl (C=O) groups is 1. The summed E-state index contributed by atoms with van der Waals surface area (Å²) in [4.78, 5) is 27.4. The van der Waals surface area contributed by atoms with Crippen molar-refractivity contribution >= 4 is 29.0 Å². The van der Waals surface area contributed by atoms with Crippen LogP contribution < -0.4 is 10.6 Å². The van der Waals surface area contributed by atoms with Gasteiger partial charge in [0.05, 0.1) is 12.8 Å². The molecule has 1 amide bonds. The van der Waals surface area contributed by atoms with Gasteiger partial charge >= 0.3 is 0 Å². The second kappa shape index (κ2) is 12.2. The quantitative estimate of drug-likeness (QED) is 0.266. The number of halogens is 2. The van der Waals surface area contributed by atoms with E-state index in [1.165, 1.54) is 18.5 Å². The molecule has 40 heavy (non-hydrogen) atoms. The average Bonchev–Trinajstić information content (AvgIpc) is 2.97. The van der Waals surface area contributed by atoms with E-state index in [-0.39, 0.29) is 30.2 Å². The monoisotopic (exact) mass is 544 g/mol. The number of carbonyl (C=O) groups excluding carboxylic acids is 1. The third-order valence-corrected chi connectivity index (χ3v) is 7.27. The van der Waals surface area contributed by atoms with Crippen LogP contribution in [0, 0.1) is 24.5 Å². The lowest BCUT2D eigenvalue weighted by atomic mass is 9.80. The van der Waals surface area contributed by atoms with Crippen molar-refractivity contribution in [3.8, 4) is 0 Å². The zero-order chi connectivity index (χ0) is 28.1. The normalized spacial score (nSPS) is 14.6. The molecule has 10 heteroatoms. The molecule has 4 aromatic rings. The number of hydrogen-bond donors (Lipinski definition) is 3. The Morgan fingerprint density at radius 1 is 1.00 bits per heavy atom. The second-order valence-electron chi connectivity index (χ2n) is 9.87. The number of likely N-dealkylation sites (tertiary alicyclic amines) is 1. The Bertz CT molecular complexity index is 1480. The molecule has 3 heterocycles. The fourth-order valence-corrected chi connectivity index (χ4v) is 5.06. The lowest BCUT2D eigenvalue weighted by Crippen LogP contribution is -2.40. The van der Waals surface area contributed by atoms with Crippen LogP contribution in [0.2, 0.25) is 0 Å². The van der Waals surface area contributed by atoms with Gasteiger partial charge in [0.1, 0.15) is 17.5 Å². The van der Waals surface area contributed by atoms with Crippen LogP contribution in [0.25, 0.3) is 0 Å². The first-order valence-corrected chi connectivity index (χ1v) is 13.1. The number of anilines is 4. The zero-order valence-electron chi connectivity index (χ0n) is 22.0. The summed E-state index contributed by atoms with van der Waals surface area (Å²) in [6.07, 6.45) is 5.67. The van der Waals surface area contributed by atoms with Gasteiger partial charge in [-0.15, -0.1) is 0 Å². The van der Waals surface area contributed by atoms with Crippen molar-refractivity contribution in [3.63, 3.8) is 0 Å². The zero-order valence-corrected chi connectivity index (χ0v) is 22.0. The molecule has 2 aromatic heterocycles. The molecule has 1 atom stereocenters. The molecule has 8 nitrogen and oxygen atoms in total. The van der Waals surface area contributed by atoms with Gasteiger partial charge in [0.2, 0.25) is 5.95 Å². The highest BCUT2D eigenvalue weighted by Crippen LogP contribution is 2.34. The first-order chi connectivity index (χ1) is 19.4. The molecule has 1 fully saturated rings. The first kappa shape index (κ1) is 27.1. The number of pyridine rings is 1. The Labute approximate surface area is 231 Å². The summed E-state index contributed by atoms with van der Waals surface area (Å²) in [7, 11) is 0. The van der Waals surface area contributed by atoms with Gasteiger partial charge in [-0.25, -0.2) is 13.8 Å². The molecule has 3 N–H and O–H groups in total. The van der Waals surface area contributed by atoms with Crippen molar-refractivity contribution in [2.24, 2.45) is 5.92 Å². The molecule has 206 valence electrons. The van der Waals surface area contributed by atoms with E-state index in [9.17, 15) is 18.7 Å². The Kier molecular flexibility index (Phi) is 8.26. The fraction of sp³-hybridized carbons (Fsp3) is 0.267. The number of benzene rings is 2. The molecule has 1 saturated heterocycles. The number of hydrogen-bond acceptors (Lipinski definition) is 7. The van der Waals surface area contributed by atoms with Crippen LogP contribution in [0.1, 0.15) is 40.2 Å². The van der Waals surface area contributed by atoms with Gasteiger partial charge in [-0.1, -0.05) is 0 Å². The number of rotatable bonds is 8. The van der Waals surface area contributed by atoms with Crippen molar-refractivity contribution in [1.29, 1.82) is 0 Å². The van der Waals surface area contributed by atoms with Crippen LogP contribution in [-0.2, 0) is 0 Å². The number of aliphatic hydroxyl groups is 1. The van der Waals surface area contributed by atoms with Gasteiger partial charge in [-0.2, -0.15) is 4.98 Å². The van der Waals surface area contributed by atoms with Crippen molar-refractivity contribution in [2.45, 2.75) is 25.7 Å². The summed E-state index contributed by atoms with van der Waals surface area (Å²) < 4.78 is 27.8. The Morgan fingerprint density at radius 2 is 1.75 bits per heavy atom. The van der Waals surface area contributed by atoms with E-state index in [1.807, 2.05) is 0 Å². The van der Waals surface area contributed by atoms with E-state index in [2.05, 4.69) is 25.6 Å². The largest absolute Gasteiger partial charge is 0.396 e. The highest BCUT2D eigenvalue weighted by Gasteiger charge is 2.30. The molecule has 0 spiro atoms. The molecule has 1 aliphatic rings. The Morgan fingerprint density at radius 3 is 2.45 bits per heavy atom. The smallest absolute Gasteiger partial charge is 0.253 e. The topological polar surface area (TPSA) is 103 Å². The van der Waals surface area contributed by atoms with E-state index in [1.54, 1.807) is 66.6 Å². The third-order valence-electron chi connectivity index (χ3n) is 7.27. The minimum Gasteiger partial charge on any atom is -0.396 e. The molecular weight excluding hydrogens is 514 g/mol. The van der Waals surface area contributed by atoms with Gasteiger partial charge in [-0.05, 0) is 91.4 Å². The van der Waals surface area contributed by atoms with Crippen molar-refractivity contribution in [2.75, 3.05) is 30.3 Å². The lowest BCUT2D eigenvalue weighted by molar-refractivity contribution is 0.0660. The predicted molar refractivity (Wildman–Crippen MR) is 149 cm³/mol. The number of piperidine rings is 1. The fourth-order valence-electron chi connectivity index (χ4n) is 5.06. The van der Waals surface area contributed by atoms with E-state index in [4.69, 9.17) is 0 Å². The summed E-state index contributed by atoms with van der Waals surface area (Å²) in [5.74, 6) is -0.0723. The number of aryl methyl sites for hydroxylation is 1. The minimum atomic E-state index is -0.412. The predicted octanol–water partition coefficient (Wildman–Crippen LogP) is 5.57. The summed E-state index contributed by atoms with van der Waals surface area (Å²) >= 11 is 0. The maximum absolute atomic E-state index is 14.2. The maximum Gasteiger partial charge on any atom is 0.253 e. The molecule has 0 aliphatic carbocycles. The molecule has 1 unspecified atom stereocenters. The molecule has 2 aromatic carbocycles. The molecule has 1 aliphatic heterocycles. The van der Waals surface area contributed by atoms with Crippen LogP contribution in [0.5, 0.6) is 0 Å². The van der Waals surface area contributed by atoms with Crippen molar-refractivity contribution in [1.82, 2.24) is 19.9 Å². The van der Waals surface area contributed by atoms with Crippen molar-refractivity contribution in [3.05, 3.63) is 102 Å². The summed E-state index contributed by atoms with van der Waals surface area (Å²) in [6.45, 7) is 2.62. The van der Waals surface area contributed by atoms with E-state index in [0.717, 1.165) is 5.69 Å². The minimum absolute atomic E-state index is 0.0716. The molecule has 0 radical (unpaired) electrons. The van der Waals surface area contributed by atoms with E-state index >= 15 is 0 Å². The van der Waals surface area contributed by atoms with Gasteiger partial charge in [0, 0.05) is 48.3 Å². The van der Waals surface area contributed by atoms with E-state index < -0.39 is 5.82 Å². The molecular formula is C30H30F2N6O2. The number of amides is 1. The maximum atomic E-state index is 14.2. The molecule has 5 rings (SSSR count). The van der Waals surface area contributed by atoms with Crippen LogP contribution in [0.3, 0.4) is 0 Å². The van der Waals surface area contributed by atoms with Gasteiger partial charge < -0.3 is 20.6 Å². The van der Waals surface area contributed by atoms with Crippen LogP contribution in [0.15, 0.2) is 73.2 Å². The average molecular weight is 545 g/mol. The summed E-state index contributed by atoms with van der Waals surface area (Å²) in [5, 5.41) is 16.2. The first-order valence-electron chi connectivity index (χ1n) is 13.1. The highest BCUT2D eigenvalue weighted by molar-refractivity contribution is 5.94. The van der Waals surface area contributed by atoms with Crippen LogP contribution >= 0.6 is 0 Å². The molecule has 0 bridgehead atoms. The van der Waals surface area contributed by atoms with Gasteiger partial charge in [0.25, 0.3) is 5.91 Å².